The Kier molecular flexibility index (Phi) is 25.7. The Morgan fingerprint density at radius 1 is 0.500 bits per heavy atom. The highest BCUT2D eigenvalue weighted by molar-refractivity contribution is 5.14. The van der Waals surface area contributed by atoms with E-state index in [0.717, 1.165) is 6.42 Å². The molecule has 0 aromatic heterocycles. The van der Waals surface area contributed by atoms with Crippen LogP contribution in [0, 0.1) is 0 Å². The van der Waals surface area contributed by atoms with E-state index >= 15 is 0 Å². The third-order valence-electron chi connectivity index (χ3n) is 6.30. The molecular formula is C30H58N2. The monoisotopic (exact) mass is 446 g/mol. The number of aryl methyl sites for hydroxylation is 1. The van der Waals surface area contributed by atoms with Crippen molar-refractivity contribution in [2.45, 2.75) is 155 Å². The summed E-state index contributed by atoms with van der Waals surface area (Å²) in [4.78, 5) is 0. The van der Waals surface area contributed by atoms with Gasteiger partial charge in [-0.15, -0.1) is 0 Å². The van der Waals surface area contributed by atoms with Crippen LogP contribution in [0.25, 0.3) is 0 Å². The van der Waals surface area contributed by atoms with E-state index < -0.39 is 0 Å². The molecular weight excluding hydrogens is 388 g/mol. The van der Waals surface area contributed by atoms with Gasteiger partial charge in [-0.25, -0.2) is 0 Å². The molecule has 0 aliphatic rings. The number of hydrogen-bond acceptors (Lipinski definition) is 2. The van der Waals surface area contributed by atoms with E-state index in [9.17, 15) is 0 Å². The summed E-state index contributed by atoms with van der Waals surface area (Å²) in [5, 5.41) is 0. The van der Waals surface area contributed by atoms with Gasteiger partial charge in [0.25, 0.3) is 0 Å². The zero-order chi connectivity index (χ0) is 23.5. The molecule has 2 heteroatoms. The van der Waals surface area contributed by atoms with Crippen molar-refractivity contribution in [2.75, 3.05) is 0 Å². The molecule has 1 aromatic carbocycles. The highest BCUT2D eigenvalue weighted by Gasteiger charge is 1.95. The largest absolute Gasteiger partial charge is 0.316 e. The zero-order valence-corrected chi connectivity index (χ0v) is 22.0. The maximum absolute atomic E-state index is 5.47. The first kappa shape index (κ1) is 31.1. The fraction of sp³-hybridized carbons (Fsp3) is 0.800. The van der Waals surface area contributed by atoms with Crippen LogP contribution < -0.4 is 11.5 Å². The van der Waals surface area contributed by atoms with Crippen molar-refractivity contribution in [1.82, 2.24) is 0 Å². The summed E-state index contributed by atoms with van der Waals surface area (Å²) in [6.07, 6.45) is 28.7. The molecule has 188 valence electrons. The Labute approximate surface area is 202 Å². The molecule has 0 fully saturated rings. The van der Waals surface area contributed by atoms with E-state index in [1.54, 1.807) is 0 Å². The quantitative estimate of drug-likeness (QED) is 0.146. The smallest absolute Gasteiger partial charge is 0.0520 e. The molecule has 1 rings (SSSR count). The summed E-state index contributed by atoms with van der Waals surface area (Å²) in [5.74, 6) is 0. The zero-order valence-electron chi connectivity index (χ0n) is 22.0. The van der Waals surface area contributed by atoms with Crippen molar-refractivity contribution < 1.29 is 0 Å². The summed E-state index contributed by atoms with van der Waals surface area (Å²) in [6.45, 7) is 4.54. The minimum Gasteiger partial charge on any atom is -0.316 e. The number of unbranched alkanes of at least 4 members (excludes halogenated alkanes) is 17. The number of benzene rings is 1. The summed E-state index contributed by atoms with van der Waals surface area (Å²) >= 11 is 0. The fourth-order valence-electron chi connectivity index (χ4n) is 4.15. The van der Waals surface area contributed by atoms with Gasteiger partial charge in [-0.05, 0) is 24.8 Å². The van der Waals surface area contributed by atoms with Crippen LogP contribution in [0.1, 0.15) is 148 Å². The Hall–Kier alpha value is -0.860. The predicted molar refractivity (Wildman–Crippen MR) is 146 cm³/mol. The second-order valence-electron chi connectivity index (χ2n) is 9.70. The molecule has 0 amide bonds. The maximum atomic E-state index is 5.47. The van der Waals surface area contributed by atoms with Gasteiger partial charge in [0.05, 0.1) is 6.17 Å². The van der Waals surface area contributed by atoms with Crippen molar-refractivity contribution in [3.05, 3.63) is 35.9 Å². The van der Waals surface area contributed by atoms with E-state index in [4.69, 9.17) is 11.5 Å². The van der Waals surface area contributed by atoms with Crippen molar-refractivity contribution in [3.63, 3.8) is 0 Å². The molecule has 0 aliphatic heterocycles. The molecule has 0 radical (unpaired) electrons. The first-order chi connectivity index (χ1) is 15.7. The summed E-state index contributed by atoms with van der Waals surface area (Å²) in [7, 11) is 0. The van der Waals surface area contributed by atoms with E-state index in [1.165, 1.54) is 134 Å². The molecule has 0 heterocycles. The van der Waals surface area contributed by atoms with Crippen LogP contribution >= 0.6 is 0 Å². The number of rotatable bonds is 21. The van der Waals surface area contributed by atoms with E-state index in [1.807, 2.05) is 0 Å². The average Bonchev–Trinajstić information content (AvgIpc) is 2.80. The second kappa shape index (κ2) is 26.4. The molecule has 0 saturated heterocycles. The molecule has 32 heavy (non-hydrogen) atoms. The highest BCUT2D eigenvalue weighted by atomic mass is 14.8. The average molecular weight is 447 g/mol. The van der Waals surface area contributed by atoms with E-state index in [0.29, 0.717) is 0 Å². The highest BCUT2D eigenvalue weighted by Crippen LogP contribution is 2.12. The molecule has 2 nitrogen and oxygen atoms in total. The lowest BCUT2D eigenvalue weighted by Crippen LogP contribution is -2.29. The summed E-state index contributed by atoms with van der Waals surface area (Å²) in [5.41, 5.74) is 12.4. The Balaban J connectivity index is 0.000000622. The van der Waals surface area contributed by atoms with Crippen LogP contribution in [0.4, 0.5) is 0 Å². The lowest BCUT2D eigenvalue weighted by atomic mass is 10.0. The van der Waals surface area contributed by atoms with Crippen LogP contribution in [0.15, 0.2) is 30.3 Å². The van der Waals surface area contributed by atoms with Gasteiger partial charge < -0.3 is 11.5 Å². The Morgan fingerprint density at radius 2 is 0.875 bits per heavy atom. The maximum Gasteiger partial charge on any atom is 0.0520 e. The topological polar surface area (TPSA) is 52.0 Å². The predicted octanol–water partition coefficient (Wildman–Crippen LogP) is 9.30. The number of hydrogen-bond donors (Lipinski definition) is 2. The molecule has 4 N–H and O–H groups in total. The van der Waals surface area contributed by atoms with Gasteiger partial charge in [-0.1, -0.05) is 160 Å². The SMILES string of the molecule is CCCCCCCCCCCC(N)N.CCCCCCCCCCCCc1ccccc1. The first-order valence-corrected chi connectivity index (χ1v) is 14.3. The minimum atomic E-state index is -0.0976. The third-order valence-corrected chi connectivity index (χ3v) is 6.30. The lowest BCUT2D eigenvalue weighted by molar-refractivity contribution is 0.530. The fourth-order valence-corrected chi connectivity index (χ4v) is 4.15. The minimum absolute atomic E-state index is 0.0976. The van der Waals surface area contributed by atoms with E-state index in [-0.39, 0.29) is 6.17 Å². The van der Waals surface area contributed by atoms with Gasteiger partial charge in [0.2, 0.25) is 0 Å². The molecule has 0 unspecified atom stereocenters. The van der Waals surface area contributed by atoms with Gasteiger partial charge in [0.15, 0.2) is 0 Å². The lowest BCUT2D eigenvalue weighted by Gasteiger charge is -2.04. The summed E-state index contributed by atoms with van der Waals surface area (Å²) in [6, 6.07) is 10.9. The van der Waals surface area contributed by atoms with Gasteiger partial charge in [0.1, 0.15) is 0 Å². The molecule has 0 aliphatic carbocycles. The van der Waals surface area contributed by atoms with Gasteiger partial charge in [0, 0.05) is 0 Å². The van der Waals surface area contributed by atoms with E-state index in [2.05, 4.69) is 44.2 Å². The van der Waals surface area contributed by atoms with Crippen LogP contribution in [0.2, 0.25) is 0 Å². The van der Waals surface area contributed by atoms with Gasteiger partial charge in [-0.3, -0.25) is 0 Å². The van der Waals surface area contributed by atoms with Crippen molar-refractivity contribution in [1.29, 1.82) is 0 Å². The van der Waals surface area contributed by atoms with Crippen LogP contribution in [0.3, 0.4) is 0 Å². The molecule has 0 bridgehead atoms. The van der Waals surface area contributed by atoms with Crippen molar-refractivity contribution >= 4 is 0 Å². The standard InChI is InChI=1S/C18H30.C12H28N2/c1-2-3-4-5-6-7-8-9-10-12-15-18-16-13-11-14-17-18;1-2-3-4-5-6-7-8-9-10-11-12(13)14/h11,13-14,16-17H,2-10,12,15H2,1H3;12H,2-11,13-14H2,1H3. The van der Waals surface area contributed by atoms with Crippen molar-refractivity contribution in [2.24, 2.45) is 11.5 Å². The first-order valence-electron chi connectivity index (χ1n) is 14.3. The Bertz CT molecular complexity index is 443. The van der Waals surface area contributed by atoms with Crippen LogP contribution in [0.5, 0.6) is 0 Å². The second-order valence-corrected chi connectivity index (χ2v) is 9.70. The summed E-state index contributed by atoms with van der Waals surface area (Å²) < 4.78 is 0. The Morgan fingerprint density at radius 3 is 1.28 bits per heavy atom. The molecule has 0 spiro atoms. The molecule has 0 atom stereocenters. The van der Waals surface area contributed by atoms with Gasteiger partial charge in [-0.2, -0.15) is 0 Å². The van der Waals surface area contributed by atoms with Crippen molar-refractivity contribution in [3.8, 4) is 0 Å². The van der Waals surface area contributed by atoms with Gasteiger partial charge >= 0.3 is 0 Å². The molecule has 1 aromatic rings. The normalized spacial score (nSPS) is 10.9. The molecule has 0 saturated carbocycles. The van der Waals surface area contributed by atoms with Crippen LogP contribution in [-0.2, 0) is 6.42 Å². The third kappa shape index (κ3) is 25.4. The van der Waals surface area contributed by atoms with Crippen LogP contribution in [-0.4, -0.2) is 6.17 Å². The number of nitrogens with two attached hydrogens (primary N) is 2.